The summed E-state index contributed by atoms with van der Waals surface area (Å²) in [4.78, 5) is 14.1. The van der Waals surface area contributed by atoms with Crippen LogP contribution in [0.25, 0.3) is 0 Å². The smallest absolute Gasteiger partial charge is 0.410 e. The Hall–Kier alpha value is -1.60. The molecule has 6 nitrogen and oxygen atoms in total. The lowest BCUT2D eigenvalue weighted by Gasteiger charge is -2.36. The van der Waals surface area contributed by atoms with E-state index in [4.69, 9.17) is 4.74 Å². The molecule has 1 fully saturated rings. The zero-order valence-electron chi connectivity index (χ0n) is 15.7. The Morgan fingerprint density at radius 3 is 2.31 bits per heavy atom. The maximum atomic E-state index is 12.6. The number of aliphatic hydroxyl groups excluding tert-OH is 1. The second-order valence-corrected chi connectivity index (χ2v) is 9.88. The van der Waals surface area contributed by atoms with Gasteiger partial charge >= 0.3 is 6.09 Å². The molecule has 1 aliphatic heterocycles. The Labute approximate surface area is 156 Å². The van der Waals surface area contributed by atoms with E-state index in [1.807, 2.05) is 20.8 Å². The fourth-order valence-electron chi connectivity index (χ4n) is 3.22. The van der Waals surface area contributed by atoms with Gasteiger partial charge < -0.3 is 14.7 Å². The molecule has 0 aliphatic carbocycles. The van der Waals surface area contributed by atoms with Gasteiger partial charge in [-0.2, -0.15) is 0 Å². The van der Waals surface area contributed by atoms with Crippen LogP contribution in [0.4, 0.5) is 4.79 Å². The van der Waals surface area contributed by atoms with Crippen molar-refractivity contribution < 1.29 is 23.1 Å². The molecule has 26 heavy (non-hydrogen) atoms. The first-order valence-corrected chi connectivity index (χ1v) is 10.6. The van der Waals surface area contributed by atoms with Gasteiger partial charge in [0, 0.05) is 19.7 Å². The van der Waals surface area contributed by atoms with Crippen LogP contribution in [0.2, 0.25) is 0 Å². The molecule has 0 aromatic heterocycles. The fraction of sp³-hybridized carbons (Fsp3) is 0.632. The van der Waals surface area contributed by atoms with Gasteiger partial charge in [0.15, 0.2) is 9.84 Å². The van der Waals surface area contributed by atoms with Gasteiger partial charge in [-0.1, -0.05) is 18.2 Å². The van der Waals surface area contributed by atoms with Crippen LogP contribution in [0.15, 0.2) is 35.2 Å². The zero-order chi connectivity index (χ0) is 19.4. The van der Waals surface area contributed by atoms with Crippen LogP contribution in [0.3, 0.4) is 0 Å². The summed E-state index contributed by atoms with van der Waals surface area (Å²) in [6.45, 7) is 6.34. The first-order chi connectivity index (χ1) is 12.1. The van der Waals surface area contributed by atoms with E-state index in [1.54, 1.807) is 35.2 Å². The average molecular weight is 384 g/mol. The molecule has 1 atom stereocenters. The van der Waals surface area contributed by atoms with Crippen molar-refractivity contribution in [2.75, 3.05) is 25.4 Å². The van der Waals surface area contributed by atoms with Crippen molar-refractivity contribution in [2.45, 2.75) is 44.1 Å². The topological polar surface area (TPSA) is 83.9 Å². The Morgan fingerprint density at radius 1 is 1.23 bits per heavy atom. The predicted molar refractivity (Wildman–Crippen MR) is 99.6 cm³/mol. The van der Waals surface area contributed by atoms with Gasteiger partial charge in [0.05, 0.1) is 10.6 Å². The summed E-state index contributed by atoms with van der Waals surface area (Å²) in [5.41, 5.74) is -0.536. The Bertz CT molecular complexity index is 688. The molecule has 7 heteroatoms. The molecule has 0 spiro atoms. The van der Waals surface area contributed by atoms with Crippen molar-refractivity contribution in [3.05, 3.63) is 30.3 Å². The van der Waals surface area contributed by atoms with Crippen LogP contribution in [0.1, 0.15) is 33.6 Å². The largest absolute Gasteiger partial charge is 0.444 e. The lowest BCUT2D eigenvalue weighted by Crippen LogP contribution is -2.44. The normalized spacial score (nSPS) is 17.8. The van der Waals surface area contributed by atoms with Crippen molar-refractivity contribution in [1.29, 1.82) is 0 Å². The standard InChI is InChI=1S/C19H29NO5S/c1-19(2,3)25-18(22)20-11-9-15(10-12-20)16(13-21)14-26(23,24)17-7-5-4-6-8-17/h4-8,15-16,21H,9-14H2,1-3H3/t16-/m0/s1. The summed E-state index contributed by atoms with van der Waals surface area (Å²) in [7, 11) is -3.44. The highest BCUT2D eigenvalue weighted by atomic mass is 32.2. The van der Waals surface area contributed by atoms with E-state index in [9.17, 15) is 18.3 Å². The van der Waals surface area contributed by atoms with E-state index >= 15 is 0 Å². The van der Waals surface area contributed by atoms with Gasteiger partial charge in [-0.3, -0.25) is 0 Å². The zero-order valence-corrected chi connectivity index (χ0v) is 16.5. The van der Waals surface area contributed by atoms with Crippen LogP contribution in [0.5, 0.6) is 0 Å². The molecule has 0 bridgehead atoms. The first-order valence-electron chi connectivity index (χ1n) is 8.99. The van der Waals surface area contributed by atoms with Crippen molar-refractivity contribution in [1.82, 2.24) is 4.90 Å². The van der Waals surface area contributed by atoms with Crippen LogP contribution in [0, 0.1) is 11.8 Å². The quantitative estimate of drug-likeness (QED) is 0.845. The molecule has 146 valence electrons. The van der Waals surface area contributed by atoms with Crippen molar-refractivity contribution in [3.8, 4) is 0 Å². The van der Waals surface area contributed by atoms with Crippen molar-refractivity contribution >= 4 is 15.9 Å². The van der Waals surface area contributed by atoms with Gasteiger partial charge in [0.2, 0.25) is 0 Å². The molecule has 0 unspecified atom stereocenters. The first kappa shape index (κ1) is 20.7. The number of amides is 1. The van der Waals surface area contributed by atoms with Gasteiger partial charge in [-0.05, 0) is 57.6 Å². The second kappa shape index (κ2) is 8.39. The lowest BCUT2D eigenvalue weighted by molar-refractivity contribution is 0.0149. The summed E-state index contributed by atoms with van der Waals surface area (Å²) in [6.07, 6.45) is 0.984. The van der Waals surface area contributed by atoms with Gasteiger partial charge in [-0.25, -0.2) is 13.2 Å². The van der Waals surface area contributed by atoms with E-state index < -0.39 is 15.4 Å². The molecule has 0 saturated carbocycles. The maximum Gasteiger partial charge on any atom is 0.410 e. The number of carbonyl (C=O) groups is 1. The number of likely N-dealkylation sites (tertiary alicyclic amines) is 1. The van der Waals surface area contributed by atoms with Crippen LogP contribution < -0.4 is 0 Å². The number of hydrogen-bond acceptors (Lipinski definition) is 5. The number of carbonyl (C=O) groups excluding carboxylic acids is 1. The molecule has 1 aromatic rings. The molecule has 1 saturated heterocycles. The van der Waals surface area contributed by atoms with Gasteiger partial charge in [0.1, 0.15) is 5.60 Å². The molecule has 2 rings (SSSR count). The lowest BCUT2D eigenvalue weighted by atomic mass is 9.86. The van der Waals surface area contributed by atoms with E-state index in [0.717, 1.165) is 0 Å². The molecule has 1 aliphatic rings. The molecular formula is C19H29NO5S. The number of sulfone groups is 1. The molecule has 1 N–H and O–H groups in total. The Balaban J connectivity index is 1.95. The van der Waals surface area contributed by atoms with E-state index in [0.29, 0.717) is 25.9 Å². The number of hydrogen-bond donors (Lipinski definition) is 1. The SMILES string of the molecule is CC(C)(C)OC(=O)N1CCC([C@@H](CO)CS(=O)(=O)c2ccccc2)CC1. The Morgan fingerprint density at radius 2 is 1.81 bits per heavy atom. The van der Waals surface area contributed by atoms with Crippen molar-refractivity contribution in [2.24, 2.45) is 11.8 Å². The summed E-state index contributed by atoms with van der Waals surface area (Å²) < 4.78 is 30.5. The van der Waals surface area contributed by atoms with Crippen molar-refractivity contribution in [3.63, 3.8) is 0 Å². The molecule has 0 radical (unpaired) electrons. The minimum absolute atomic E-state index is 0.0668. The summed E-state index contributed by atoms with van der Waals surface area (Å²) in [5, 5.41) is 9.75. The third-order valence-electron chi connectivity index (χ3n) is 4.63. The maximum absolute atomic E-state index is 12.6. The molecule has 1 aromatic carbocycles. The highest BCUT2D eigenvalue weighted by molar-refractivity contribution is 7.91. The van der Waals surface area contributed by atoms with Gasteiger partial charge in [0.25, 0.3) is 0 Å². The molecule has 1 amide bonds. The minimum Gasteiger partial charge on any atom is -0.444 e. The average Bonchev–Trinajstić information content (AvgIpc) is 2.59. The van der Waals surface area contributed by atoms with Crippen LogP contribution >= 0.6 is 0 Å². The number of rotatable bonds is 5. The number of ether oxygens (including phenoxy) is 1. The summed E-state index contributed by atoms with van der Waals surface area (Å²) in [6, 6.07) is 8.32. The van der Waals surface area contributed by atoms with E-state index in [1.165, 1.54) is 0 Å². The molecular weight excluding hydrogens is 354 g/mol. The number of benzene rings is 1. The monoisotopic (exact) mass is 383 g/mol. The number of piperidine rings is 1. The number of aliphatic hydroxyl groups is 1. The minimum atomic E-state index is -3.44. The molecule has 1 heterocycles. The summed E-state index contributed by atoms with van der Waals surface area (Å²) in [5.74, 6) is -0.344. The summed E-state index contributed by atoms with van der Waals surface area (Å²) >= 11 is 0. The number of nitrogens with zero attached hydrogens (tertiary/aromatic N) is 1. The highest BCUT2D eigenvalue weighted by Crippen LogP contribution is 2.28. The van der Waals surface area contributed by atoms with E-state index in [-0.39, 0.29) is 35.2 Å². The third-order valence-corrected chi connectivity index (χ3v) is 6.49. The van der Waals surface area contributed by atoms with Crippen LogP contribution in [-0.4, -0.2) is 55.6 Å². The Kier molecular flexibility index (Phi) is 6.69. The van der Waals surface area contributed by atoms with Crippen LogP contribution in [-0.2, 0) is 14.6 Å². The van der Waals surface area contributed by atoms with E-state index in [2.05, 4.69) is 0 Å². The highest BCUT2D eigenvalue weighted by Gasteiger charge is 2.33. The van der Waals surface area contributed by atoms with Gasteiger partial charge in [-0.15, -0.1) is 0 Å². The second-order valence-electron chi connectivity index (χ2n) is 7.84. The fourth-order valence-corrected chi connectivity index (χ4v) is 4.93. The third kappa shape index (κ3) is 5.71. The predicted octanol–water partition coefficient (Wildman–Crippen LogP) is 2.72.